The second kappa shape index (κ2) is 9.85. The molecule has 2 rings (SSSR count). The predicted octanol–water partition coefficient (Wildman–Crippen LogP) is 4.76. The highest BCUT2D eigenvalue weighted by atomic mass is 16.5. The Bertz CT molecular complexity index is 528. The number of unbranched alkanes of at least 4 members (excludes halogenated alkanes) is 3. The van der Waals surface area contributed by atoms with Crippen LogP contribution in [0.5, 0.6) is 5.75 Å². The van der Waals surface area contributed by atoms with Crippen molar-refractivity contribution < 1.29 is 4.74 Å². The number of anilines is 1. The monoisotopic (exact) mass is 298 g/mol. The van der Waals surface area contributed by atoms with Gasteiger partial charge in [-0.1, -0.05) is 62.6 Å². The zero-order valence-corrected chi connectivity index (χ0v) is 13.3. The van der Waals surface area contributed by atoms with E-state index in [1.165, 1.54) is 24.8 Å². The number of rotatable bonds is 10. The number of hydrogen-bond acceptors (Lipinski definition) is 3. The van der Waals surface area contributed by atoms with E-state index in [1.54, 1.807) is 0 Å². The molecular formula is C19H26N2O. The molecule has 0 atom stereocenters. The van der Waals surface area contributed by atoms with Gasteiger partial charge in [0, 0.05) is 17.8 Å². The highest BCUT2D eigenvalue weighted by Gasteiger charge is 2.02. The molecule has 2 N–H and O–H groups in total. The number of benzene rings is 2. The summed E-state index contributed by atoms with van der Waals surface area (Å²) in [6, 6.07) is 18.3. The van der Waals surface area contributed by atoms with Gasteiger partial charge in [-0.05, 0) is 24.6 Å². The van der Waals surface area contributed by atoms with E-state index in [4.69, 9.17) is 4.74 Å². The van der Waals surface area contributed by atoms with E-state index in [1.807, 2.05) is 48.5 Å². The maximum absolute atomic E-state index is 5.92. The van der Waals surface area contributed by atoms with Crippen molar-refractivity contribution >= 4 is 5.69 Å². The van der Waals surface area contributed by atoms with Gasteiger partial charge < -0.3 is 10.2 Å². The number of nitrogens with one attached hydrogen (secondary N) is 2. The molecule has 0 bridgehead atoms. The fourth-order valence-electron chi connectivity index (χ4n) is 2.26. The molecule has 0 saturated heterocycles. The van der Waals surface area contributed by atoms with Gasteiger partial charge in [0.25, 0.3) is 0 Å². The van der Waals surface area contributed by atoms with Gasteiger partial charge in [0.15, 0.2) is 0 Å². The van der Waals surface area contributed by atoms with Gasteiger partial charge in [-0.2, -0.15) is 0 Å². The van der Waals surface area contributed by atoms with Crippen LogP contribution in [-0.4, -0.2) is 6.61 Å². The Morgan fingerprint density at radius 1 is 0.864 bits per heavy atom. The normalized spacial score (nSPS) is 10.4. The van der Waals surface area contributed by atoms with Gasteiger partial charge in [-0.25, -0.2) is 5.43 Å². The third-order valence-electron chi connectivity index (χ3n) is 3.51. The summed E-state index contributed by atoms with van der Waals surface area (Å²) in [5.41, 5.74) is 8.66. The van der Waals surface area contributed by atoms with Crippen molar-refractivity contribution in [1.29, 1.82) is 0 Å². The summed E-state index contributed by atoms with van der Waals surface area (Å²) in [4.78, 5) is 0. The van der Waals surface area contributed by atoms with E-state index in [-0.39, 0.29) is 0 Å². The number of hydrazine groups is 1. The van der Waals surface area contributed by atoms with Crippen LogP contribution in [0.1, 0.15) is 38.2 Å². The van der Waals surface area contributed by atoms with Crippen LogP contribution in [0.25, 0.3) is 0 Å². The first-order valence-corrected chi connectivity index (χ1v) is 8.15. The van der Waals surface area contributed by atoms with E-state index >= 15 is 0 Å². The van der Waals surface area contributed by atoms with Crippen molar-refractivity contribution in [2.24, 2.45) is 0 Å². The average Bonchev–Trinajstić information content (AvgIpc) is 2.57. The third-order valence-corrected chi connectivity index (χ3v) is 3.51. The van der Waals surface area contributed by atoms with Crippen LogP contribution in [0.15, 0.2) is 54.6 Å². The first-order chi connectivity index (χ1) is 10.9. The lowest BCUT2D eigenvalue weighted by molar-refractivity contribution is 0.301. The molecule has 2 aromatic rings. The van der Waals surface area contributed by atoms with Crippen molar-refractivity contribution in [1.82, 2.24) is 5.43 Å². The molecule has 0 heterocycles. The van der Waals surface area contributed by atoms with Crippen LogP contribution >= 0.6 is 0 Å². The molecule has 22 heavy (non-hydrogen) atoms. The SMILES string of the molecule is CCCCCCOc1ccccc1CNNc1ccccc1. The summed E-state index contributed by atoms with van der Waals surface area (Å²) in [7, 11) is 0. The lowest BCUT2D eigenvalue weighted by atomic mass is 10.2. The quantitative estimate of drug-likeness (QED) is 0.490. The number of hydrogen-bond donors (Lipinski definition) is 2. The van der Waals surface area contributed by atoms with Gasteiger partial charge in [-0.3, -0.25) is 0 Å². The molecule has 0 aliphatic heterocycles. The lowest BCUT2D eigenvalue weighted by Gasteiger charge is -2.13. The molecule has 0 aliphatic rings. The first-order valence-electron chi connectivity index (χ1n) is 8.15. The van der Waals surface area contributed by atoms with Crippen LogP contribution in [0.3, 0.4) is 0 Å². The number of ether oxygens (including phenoxy) is 1. The zero-order valence-electron chi connectivity index (χ0n) is 13.3. The zero-order chi connectivity index (χ0) is 15.5. The average molecular weight is 298 g/mol. The van der Waals surface area contributed by atoms with Gasteiger partial charge >= 0.3 is 0 Å². The van der Waals surface area contributed by atoms with E-state index in [0.29, 0.717) is 0 Å². The largest absolute Gasteiger partial charge is 0.493 e. The van der Waals surface area contributed by atoms with Gasteiger partial charge in [-0.15, -0.1) is 0 Å². The minimum absolute atomic E-state index is 0.722. The van der Waals surface area contributed by atoms with E-state index < -0.39 is 0 Å². The molecule has 0 spiro atoms. The smallest absolute Gasteiger partial charge is 0.123 e. The Kier molecular flexibility index (Phi) is 7.33. The summed E-state index contributed by atoms with van der Waals surface area (Å²) < 4.78 is 5.92. The molecule has 3 heteroatoms. The van der Waals surface area contributed by atoms with E-state index in [2.05, 4.69) is 23.8 Å². The van der Waals surface area contributed by atoms with Crippen molar-refractivity contribution in [3.63, 3.8) is 0 Å². The van der Waals surface area contributed by atoms with Crippen molar-refractivity contribution in [3.8, 4) is 5.75 Å². The van der Waals surface area contributed by atoms with E-state index in [9.17, 15) is 0 Å². The molecule has 0 unspecified atom stereocenters. The summed E-state index contributed by atoms with van der Waals surface area (Å²) >= 11 is 0. The molecule has 0 radical (unpaired) electrons. The topological polar surface area (TPSA) is 33.3 Å². The van der Waals surface area contributed by atoms with Crippen molar-refractivity contribution in [2.75, 3.05) is 12.0 Å². The Hall–Kier alpha value is -2.00. The predicted molar refractivity (Wildman–Crippen MR) is 93.0 cm³/mol. The van der Waals surface area contributed by atoms with Crippen LogP contribution in [0.2, 0.25) is 0 Å². The highest BCUT2D eigenvalue weighted by Crippen LogP contribution is 2.18. The van der Waals surface area contributed by atoms with Crippen LogP contribution in [0.4, 0.5) is 5.69 Å². The molecule has 0 fully saturated rings. The van der Waals surface area contributed by atoms with Crippen LogP contribution in [-0.2, 0) is 6.54 Å². The van der Waals surface area contributed by atoms with Crippen molar-refractivity contribution in [3.05, 3.63) is 60.2 Å². The second-order valence-electron chi connectivity index (χ2n) is 5.36. The maximum Gasteiger partial charge on any atom is 0.123 e. The van der Waals surface area contributed by atoms with Crippen molar-refractivity contribution in [2.45, 2.75) is 39.2 Å². The number of para-hydroxylation sites is 2. The molecule has 0 aliphatic carbocycles. The summed E-state index contributed by atoms with van der Waals surface area (Å²) in [6.45, 7) is 3.74. The first kappa shape index (κ1) is 16.4. The Balaban J connectivity index is 1.78. The standard InChI is InChI=1S/C19H26N2O/c1-2-3-4-10-15-22-19-14-9-8-11-17(19)16-20-21-18-12-6-5-7-13-18/h5-9,11-14,20-21H,2-4,10,15-16H2,1H3. The fourth-order valence-corrected chi connectivity index (χ4v) is 2.26. The summed E-state index contributed by atoms with van der Waals surface area (Å²) in [5, 5.41) is 0. The molecule has 3 nitrogen and oxygen atoms in total. The molecule has 0 aromatic heterocycles. The second-order valence-corrected chi connectivity index (χ2v) is 5.36. The molecule has 0 saturated carbocycles. The molecule has 2 aromatic carbocycles. The lowest BCUT2D eigenvalue weighted by Crippen LogP contribution is -2.21. The molecule has 0 amide bonds. The molecular weight excluding hydrogens is 272 g/mol. The third kappa shape index (κ3) is 5.78. The van der Waals surface area contributed by atoms with Gasteiger partial charge in [0.2, 0.25) is 0 Å². The van der Waals surface area contributed by atoms with Crippen LogP contribution < -0.4 is 15.6 Å². The Morgan fingerprint density at radius 3 is 2.45 bits per heavy atom. The summed E-state index contributed by atoms with van der Waals surface area (Å²) in [6.07, 6.45) is 4.91. The fraction of sp³-hybridized carbons (Fsp3) is 0.368. The summed E-state index contributed by atoms with van der Waals surface area (Å²) in [5.74, 6) is 0.973. The maximum atomic E-state index is 5.92. The van der Waals surface area contributed by atoms with Gasteiger partial charge in [0.1, 0.15) is 5.75 Å². The van der Waals surface area contributed by atoms with E-state index in [0.717, 1.165) is 31.0 Å². The minimum Gasteiger partial charge on any atom is -0.493 e. The highest BCUT2D eigenvalue weighted by molar-refractivity contribution is 5.41. The van der Waals surface area contributed by atoms with Crippen LogP contribution in [0, 0.1) is 0 Å². The Morgan fingerprint density at radius 2 is 1.64 bits per heavy atom. The molecule has 118 valence electrons. The van der Waals surface area contributed by atoms with Gasteiger partial charge in [0.05, 0.1) is 6.61 Å². The Labute approximate surface area is 133 Å². The minimum atomic E-state index is 0.722.